The third-order valence-electron chi connectivity index (χ3n) is 5.94. The molecule has 0 aliphatic carbocycles. The van der Waals surface area contributed by atoms with Crippen LogP contribution in [0.1, 0.15) is 42.5 Å². The summed E-state index contributed by atoms with van der Waals surface area (Å²) in [4.78, 5) is 6.55. The van der Waals surface area contributed by atoms with E-state index in [9.17, 15) is 17.9 Å². The third-order valence-corrected chi connectivity index (χ3v) is 6.85. The van der Waals surface area contributed by atoms with Crippen LogP contribution in [-0.2, 0) is 23.0 Å². The summed E-state index contributed by atoms with van der Waals surface area (Å²) in [5.74, 6) is 0.327. The Morgan fingerprint density at radius 2 is 1.91 bits per heavy atom. The van der Waals surface area contributed by atoms with Crippen molar-refractivity contribution in [1.29, 1.82) is 0 Å². The van der Waals surface area contributed by atoms with E-state index in [1.807, 2.05) is 38.1 Å². The van der Waals surface area contributed by atoms with Gasteiger partial charge in [0.15, 0.2) is 5.82 Å². The van der Waals surface area contributed by atoms with Crippen LogP contribution in [-0.4, -0.2) is 51.9 Å². The van der Waals surface area contributed by atoms with Gasteiger partial charge in [0.05, 0.1) is 17.0 Å². The maximum Gasteiger partial charge on any atom is 0.238 e. The van der Waals surface area contributed by atoms with Crippen molar-refractivity contribution in [2.24, 2.45) is 5.14 Å². The fourth-order valence-corrected chi connectivity index (χ4v) is 4.53. The van der Waals surface area contributed by atoms with Gasteiger partial charge < -0.3 is 5.11 Å². The lowest BCUT2D eigenvalue weighted by molar-refractivity contribution is -0.00787. The number of halogens is 1. The van der Waals surface area contributed by atoms with Crippen molar-refractivity contribution in [3.63, 3.8) is 0 Å². The molecule has 1 fully saturated rings. The molecule has 1 aromatic heterocycles. The molecule has 0 amide bonds. The van der Waals surface area contributed by atoms with Gasteiger partial charge in [0, 0.05) is 19.5 Å². The Bertz CT molecular complexity index is 1260. The number of piperidine rings is 1. The second-order valence-electron chi connectivity index (χ2n) is 8.95. The Labute approximate surface area is 192 Å². The topological polar surface area (TPSA) is 114 Å². The van der Waals surface area contributed by atoms with Crippen LogP contribution in [0.3, 0.4) is 0 Å². The monoisotopic (exact) mass is 473 g/mol. The van der Waals surface area contributed by atoms with Gasteiger partial charge in [0.1, 0.15) is 17.3 Å². The molecule has 10 heteroatoms. The number of hydrogen-bond acceptors (Lipinski definition) is 6. The number of aromatic nitrogens is 3. The van der Waals surface area contributed by atoms with Gasteiger partial charge in [-0.05, 0) is 50.5 Å². The molecule has 2 aromatic carbocycles. The normalized spacial score (nSPS) is 16.8. The maximum atomic E-state index is 15.0. The van der Waals surface area contributed by atoms with Crippen LogP contribution < -0.4 is 5.14 Å². The molecule has 0 spiro atoms. The number of aryl methyl sites for hydroxylation is 1. The third kappa shape index (κ3) is 5.64. The van der Waals surface area contributed by atoms with E-state index in [4.69, 9.17) is 10.1 Å². The Kier molecular flexibility index (Phi) is 6.37. The molecule has 3 N–H and O–H groups in total. The zero-order valence-electron chi connectivity index (χ0n) is 18.7. The summed E-state index contributed by atoms with van der Waals surface area (Å²) in [6.45, 7) is 5.74. The van der Waals surface area contributed by atoms with E-state index in [1.54, 1.807) is 0 Å². The molecule has 1 aliphatic rings. The Balaban J connectivity index is 1.68. The van der Waals surface area contributed by atoms with Crippen molar-refractivity contribution < 1.29 is 17.9 Å². The summed E-state index contributed by atoms with van der Waals surface area (Å²) in [5, 5.41) is 19.9. The largest absolute Gasteiger partial charge is 0.390 e. The Morgan fingerprint density at radius 1 is 1.18 bits per heavy atom. The standard InChI is InChI=1S/C23H28FN5O3S/c1-16-4-3-5-17(12-16)13-22-26-21(15-28-10-8-23(2,30)9-11-28)27-29(22)20-7-6-18(14-19(20)24)33(25,31)32/h3-7,12,14,30H,8-11,13,15H2,1-2H3,(H2,25,31,32). The van der Waals surface area contributed by atoms with Crippen LogP contribution in [0, 0.1) is 12.7 Å². The van der Waals surface area contributed by atoms with Crippen LogP contribution in [0.5, 0.6) is 0 Å². The summed E-state index contributed by atoms with van der Waals surface area (Å²) in [5.41, 5.74) is 1.55. The molecular weight excluding hydrogens is 445 g/mol. The van der Waals surface area contributed by atoms with E-state index in [0.29, 0.717) is 50.5 Å². The van der Waals surface area contributed by atoms with Crippen LogP contribution in [0.4, 0.5) is 4.39 Å². The van der Waals surface area contributed by atoms with Gasteiger partial charge in [0.25, 0.3) is 0 Å². The summed E-state index contributed by atoms with van der Waals surface area (Å²) in [6.07, 6.45) is 1.75. The average molecular weight is 474 g/mol. The van der Waals surface area contributed by atoms with Gasteiger partial charge in [-0.25, -0.2) is 27.6 Å². The number of nitrogens with zero attached hydrogens (tertiary/aromatic N) is 4. The molecular formula is C23H28FN5O3S. The number of sulfonamides is 1. The molecule has 2 heterocycles. The second kappa shape index (κ2) is 8.94. The summed E-state index contributed by atoms with van der Waals surface area (Å²) in [6, 6.07) is 11.5. The highest BCUT2D eigenvalue weighted by molar-refractivity contribution is 7.89. The highest BCUT2D eigenvalue weighted by Crippen LogP contribution is 2.24. The molecule has 176 valence electrons. The second-order valence-corrected chi connectivity index (χ2v) is 10.5. The van der Waals surface area contributed by atoms with Gasteiger partial charge in [-0.1, -0.05) is 29.8 Å². The highest BCUT2D eigenvalue weighted by atomic mass is 32.2. The minimum absolute atomic E-state index is 0.102. The van der Waals surface area contributed by atoms with Crippen molar-refractivity contribution >= 4 is 10.0 Å². The molecule has 1 aliphatic heterocycles. The molecule has 3 aromatic rings. The van der Waals surface area contributed by atoms with Gasteiger partial charge in [-0.15, -0.1) is 5.10 Å². The van der Waals surface area contributed by atoms with E-state index in [2.05, 4.69) is 10.00 Å². The van der Waals surface area contributed by atoms with Crippen molar-refractivity contribution in [2.45, 2.75) is 50.2 Å². The minimum atomic E-state index is -4.02. The maximum absolute atomic E-state index is 15.0. The SMILES string of the molecule is Cc1cccc(Cc2nc(CN3CCC(C)(O)CC3)nn2-c2ccc(S(N)(=O)=O)cc2F)c1. The quantitative estimate of drug-likeness (QED) is 0.568. The molecule has 8 nitrogen and oxygen atoms in total. The number of primary sulfonamides is 1. The zero-order chi connectivity index (χ0) is 23.8. The van der Waals surface area contributed by atoms with Crippen molar-refractivity contribution in [2.75, 3.05) is 13.1 Å². The van der Waals surface area contributed by atoms with Crippen molar-refractivity contribution in [3.05, 3.63) is 71.1 Å². The van der Waals surface area contributed by atoms with E-state index >= 15 is 0 Å². The summed E-state index contributed by atoms with van der Waals surface area (Å²) in [7, 11) is -4.02. The molecule has 0 radical (unpaired) electrons. The number of rotatable bonds is 6. The summed E-state index contributed by atoms with van der Waals surface area (Å²) >= 11 is 0. The van der Waals surface area contributed by atoms with Crippen LogP contribution in [0.2, 0.25) is 0 Å². The molecule has 0 unspecified atom stereocenters. The van der Waals surface area contributed by atoms with Crippen molar-refractivity contribution in [1.82, 2.24) is 19.7 Å². The number of hydrogen-bond donors (Lipinski definition) is 2. The summed E-state index contributed by atoms with van der Waals surface area (Å²) < 4.78 is 39.6. The van der Waals surface area contributed by atoms with E-state index in [1.165, 1.54) is 16.8 Å². The first-order valence-electron chi connectivity index (χ1n) is 10.8. The van der Waals surface area contributed by atoms with Gasteiger partial charge in [-0.2, -0.15) is 0 Å². The predicted molar refractivity (Wildman–Crippen MR) is 122 cm³/mol. The molecule has 33 heavy (non-hydrogen) atoms. The van der Waals surface area contributed by atoms with Crippen LogP contribution in [0.25, 0.3) is 5.69 Å². The molecule has 4 rings (SSSR count). The number of likely N-dealkylation sites (tertiary alicyclic amines) is 1. The fourth-order valence-electron chi connectivity index (χ4n) is 4.00. The van der Waals surface area contributed by atoms with Crippen LogP contribution >= 0.6 is 0 Å². The number of benzene rings is 2. The van der Waals surface area contributed by atoms with Crippen LogP contribution in [0.15, 0.2) is 47.4 Å². The fraction of sp³-hybridized carbons (Fsp3) is 0.391. The molecule has 0 atom stereocenters. The number of nitrogens with two attached hydrogens (primary N) is 1. The first-order chi connectivity index (χ1) is 15.5. The Hall–Kier alpha value is -2.66. The first-order valence-corrected chi connectivity index (χ1v) is 12.3. The van der Waals surface area contributed by atoms with E-state index < -0.39 is 21.4 Å². The van der Waals surface area contributed by atoms with E-state index in [-0.39, 0.29) is 10.6 Å². The lowest BCUT2D eigenvalue weighted by Gasteiger charge is -2.35. The first kappa shape index (κ1) is 23.5. The lowest BCUT2D eigenvalue weighted by atomic mass is 9.94. The molecule has 1 saturated heterocycles. The van der Waals surface area contributed by atoms with Gasteiger partial charge >= 0.3 is 0 Å². The lowest BCUT2D eigenvalue weighted by Crippen LogP contribution is -2.42. The minimum Gasteiger partial charge on any atom is -0.390 e. The van der Waals surface area contributed by atoms with Gasteiger partial charge in [-0.3, -0.25) is 4.90 Å². The Morgan fingerprint density at radius 3 is 2.55 bits per heavy atom. The number of aliphatic hydroxyl groups is 1. The highest BCUT2D eigenvalue weighted by Gasteiger charge is 2.28. The van der Waals surface area contributed by atoms with Crippen molar-refractivity contribution in [3.8, 4) is 5.69 Å². The van der Waals surface area contributed by atoms with E-state index in [0.717, 1.165) is 17.2 Å². The zero-order valence-corrected chi connectivity index (χ0v) is 19.5. The molecule has 0 bridgehead atoms. The smallest absolute Gasteiger partial charge is 0.238 e. The average Bonchev–Trinajstić information content (AvgIpc) is 3.10. The van der Waals surface area contributed by atoms with Gasteiger partial charge in [0.2, 0.25) is 10.0 Å². The predicted octanol–water partition coefficient (Wildman–Crippen LogP) is 2.30. The molecule has 0 saturated carbocycles.